The van der Waals surface area contributed by atoms with Crippen LogP contribution < -0.4 is 15.1 Å². The van der Waals surface area contributed by atoms with Crippen molar-refractivity contribution >= 4 is 58.0 Å². The minimum Gasteiger partial charge on any atom is -0.369 e. The van der Waals surface area contributed by atoms with Gasteiger partial charge in [0.25, 0.3) is 0 Å². The van der Waals surface area contributed by atoms with Crippen LogP contribution in [0.2, 0.25) is 0 Å². The first-order valence-corrected chi connectivity index (χ1v) is 12.1. The second kappa shape index (κ2) is 12.1. The molecule has 7 heteroatoms. The molecule has 0 radical (unpaired) electrons. The van der Waals surface area contributed by atoms with Gasteiger partial charge in [-0.05, 0) is 59.4 Å². The minimum atomic E-state index is 0. The van der Waals surface area contributed by atoms with Gasteiger partial charge in [0.2, 0.25) is 5.91 Å². The number of carbonyl (C=O) groups is 1. The van der Waals surface area contributed by atoms with E-state index in [1.54, 1.807) is 0 Å². The van der Waals surface area contributed by atoms with E-state index in [2.05, 4.69) is 80.7 Å². The van der Waals surface area contributed by atoms with E-state index in [0.717, 1.165) is 48.3 Å². The van der Waals surface area contributed by atoms with E-state index in [4.69, 9.17) is 0 Å². The summed E-state index contributed by atoms with van der Waals surface area (Å²) in [5.41, 5.74) is 6.04. The largest absolute Gasteiger partial charge is 0.369 e. The lowest BCUT2D eigenvalue weighted by molar-refractivity contribution is -0.119. The van der Waals surface area contributed by atoms with Gasteiger partial charge in [0, 0.05) is 48.4 Å². The summed E-state index contributed by atoms with van der Waals surface area (Å²) in [5.74, 6) is 0.395. The lowest BCUT2D eigenvalue weighted by Gasteiger charge is -2.36. The Hall–Kier alpha value is -2.05. The molecule has 0 aliphatic carbocycles. The number of nitrogens with zero attached hydrogens (tertiary/aromatic N) is 2. The van der Waals surface area contributed by atoms with Crippen LogP contribution in [0.4, 0.5) is 11.4 Å². The molecule has 3 aromatic carbocycles. The number of rotatable bonds is 5. The number of piperazine rings is 1. The number of nitrogens with one attached hydrogen (secondary N) is 1. The molecule has 1 N–H and O–H groups in total. The molecule has 2 aliphatic rings. The summed E-state index contributed by atoms with van der Waals surface area (Å²) in [5, 5.41) is 3.43. The number of fused-ring (bicyclic) bond motifs is 1. The highest BCUT2D eigenvalue weighted by Gasteiger charge is 2.32. The minimum absolute atomic E-state index is 0. The summed E-state index contributed by atoms with van der Waals surface area (Å²) in [6.07, 6.45) is 1.41. The zero-order valence-corrected chi connectivity index (χ0v) is 22.2. The standard InChI is InChI=1S/C27H28BrN3O.2ClH/c28-23-8-6-20(7-9-23)16-22-17-27(32)31(19-21-4-2-1-3-5-21)26-11-10-24(18-25(22)26)30-14-12-29-13-15-30;;/h1-11,18,22,29H,12-17,19H2;2*1H. The van der Waals surface area contributed by atoms with Crippen LogP contribution >= 0.6 is 40.7 Å². The van der Waals surface area contributed by atoms with Gasteiger partial charge in [0.1, 0.15) is 0 Å². The van der Waals surface area contributed by atoms with Gasteiger partial charge >= 0.3 is 0 Å². The molecule has 1 unspecified atom stereocenters. The Morgan fingerprint density at radius 1 is 0.882 bits per heavy atom. The van der Waals surface area contributed by atoms with Gasteiger partial charge in [0.05, 0.1) is 6.54 Å². The average Bonchev–Trinajstić information content (AvgIpc) is 2.84. The number of benzene rings is 3. The highest BCUT2D eigenvalue weighted by molar-refractivity contribution is 9.10. The first-order valence-electron chi connectivity index (χ1n) is 11.4. The van der Waals surface area contributed by atoms with Crippen LogP contribution in [0.1, 0.15) is 29.0 Å². The molecule has 180 valence electrons. The van der Waals surface area contributed by atoms with Crippen molar-refractivity contribution in [1.82, 2.24) is 5.32 Å². The number of amides is 1. The molecule has 2 aliphatic heterocycles. The van der Waals surface area contributed by atoms with E-state index in [9.17, 15) is 4.79 Å². The molecule has 34 heavy (non-hydrogen) atoms. The Balaban J connectivity index is 0.00000162. The van der Waals surface area contributed by atoms with Crippen LogP contribution in [0.25, 0.3) is 0 Å². The Morgan fingerprint density at radius 2 is 1.59 bits per heavy atom. The molecule has 0 spiro atoms. The molecular formula is C27H30BrCl2N3O. The summed E-state index contributed by atoms with van der Waals surface area (Å²) >= 11 is 3.53. The predicted molar refractivity (Wildman–Crippen MR) is 149 cm³/mol. The zero-order valence-electron chi connectivity index (χ0n) is 19.0. The molecule has 4 nitrogen and oxygen atoms in total. The van der Waals surface area contributed by atoms with Gasteiger partial charge in [-0.3, -0.25) is 4.79 Å². The van der Waals surface area contributed by atoms with Crippen molar-refractivity contribution in [2.75, 3.05) is 36.0 Å². The maximum atomic E-state index is 13.3. The molecule has 1 fully saturated rings. The van der Waals surface area contributed by atoms with E-state index in [-0.39, 0.29) is 36.6 Å². The summed E-state index contributed by atoms with van der Waals surface area (Å²) in [7, 11) is 0. The SMILES string of the molecule is Cl.Cl.O=C1CC(Cc2ccc(Br)cc2)c2cc(N3CCNCC3)ccc2N1Cc1ccccc1. The number of hydrogen-bond acceptors (Lipinski definition) is 3. The van der Waals surface area contributed by atoms with Crippen molar-refractivity contribution in [2.45, 2.75) is 25.3 Å². The third kappa shape index (κ3) is 5.95. The van der Waals surface area contributed by atoms with E-state index < -0.39 is 0 Å². The van der Waals surface area contributed by atoms with E-state index >= 15 is 0 Å². The normalized spacial score (nSPS) is 17.4. The zero-order chi connectivity index (χ0) is 21.9. The summed E-state index contributed by atoms with van der Waals surface area (Å²) in [4.78, 5) is 17.7. The Labute approximate surface area is 222 Å². The monoisotopic (exact) mass is 561 g/mol. The Morgan fingerprint density at radius 3 is 2.29 bits per heavy atom. The molecule has 0 aromatic heterocycles. The van der Waals surface area contributed by atoms with Crippen molar-refractivity contribution in [3.63, 3.8) is 0 Å². The molecule has 2 heterocycles. The fraction of sp³-hybridized carbons (Fsp3) is 0.296. The summed E-state index contributed by atoms with van der Waals surface area (Å²) in [6, 6.07) is 25.5. The van der Waals surface area contributed by atoms with Crippen molar-refractivity contribution < 1.29 is 4.79 Å². The summed E-state index contributed by atoms with van der Waals surface area (Å²) in [6.45, 7) is 4.67. The first-order chi connectivity index (χ1) is 15.7. The maximum absolute atomic E-state index is 13.3. The third-order valence-electron chi connectivity index (χ3n) is 6.52. The van der Waals surface area contributed by atoms with Gasteiger partial charge in [-0.1, -0.05) is 58.4 Å². The van der Waals surface area contributed by atoms with Gasteiger partial charge in [-0.25, -0.2) is 0 Å². The third-order valence-corrected chi connectivity index (χ3v) is 7.05. The molecular weight excluding hydrogens is 533 g/mol. The van der Waals surface area contributed by atoms with Crippen molar-refractivity contribution in [1.29, 1.82) is 0 Å². The van der Waals surface area contributed by atoms with Crippen LogP contribution in [-0.2, 0) is 17.8 Å². The van der Waals surface area contributed by atoms with Gasteiger partial charge < -0.3 is 15.1 Å². The number of halogens is 3. The van der Waals surface area contributed by atoms with Crippen LogP contribution in [-0.4, -0.2) is 32.1 Å². The second-order valence-corrected chi connectivity index (χ2v) is 9.59. The Bertz CT molecular complexity index is 1090. The van der Waals surface area contributed by atoms with Crippen LogP contribution in [0, 0.1) is 0 Å². The van der Waals surface area contributed by atoms with Crippen LogP contribution in [0.15, 0.2) is 77.3 Å². The highest BCUT2D eigenvalue weighted by Crippen LogP contribution is 2.41. The van der Waals surface area contributed by atoms with Gasteiger partial charge in [0.15, 0.2) is 0 Å². The molecule has 1 amide bonds. The lowest BCUT2D eigenvalue weighted by Crippen LogP contribution is -2.43. The average molecular weight is 563 g/mol. The van der Waals surface area contributed by atoms with Crippen molar-refractivity contribution in [2.24, 2.45) is 0 Å². The maximum Gasteiger partial charge on any atom is 0.227 e. The molecule has 5 rings (SSSR count). The van der Waals surface area contributed by atoms with Crippen LogP contribution in [0.3, 0.4) is 0 Å². The van der Waals surface area contributed by atoms with E-state index in [1.807, 2.05) is 23.1 Å². The molecule has 0 bridgehead atoms. The molecule has 3 aromatic rings. The number of anilines is 2. The van der Waals surface area contributed by atoms with Gasteiger partial charge in [-0.15, -0.1) is 24.8 Å². The lowest BCUT2D eigenvalue weighted by atomic mass is 9.84. The molecule has 1 saturated heterocycles. The first kappa shape index (κ1) is 26.6. The number of hydrogen-bond donors (Lipinski definition) is 1. The quantitative estimate of drug-likeness (QED) is 0.416. The van der Waals surface area contributed by atoms with Crippen molar-refractivity contribution in [3.05, 3.63) is 94.0 Å². The van der Waals surface area contributed by atoms with E-state index in [1.165, 1.54) is 16.8 Å². The topological polar surface area (TPSA) is 35.6 Å². The van der Waals surface area contributed by atoms with Gasteiger partial charge in [-0.2, -0.15) is 0 Å². The highest BCUT2D eigenvalue weighted by atomic mass is 79.9. The smallest absolute Gasteiger partial charge is 0.227 e. The molecule has 0 saturated carbocycles. The number of carbonyl (C=O) groups excluding carboxylic acids is 1. The van der Waals surface area contributed by atoms with E-state index in [0.29, 0.717) is 13.0 Å². The Kier molecular flexibility index (Phi) is 9.43. The van der Waals surface area contributed by atoms with Crippen LogP contribution in [0.5, 0.6) is 0 Å². The fourth-order valence-corrected chi connectivity index (χ4v) is 5.09. The molecule has 1 atom stereocenters. The summed E-state index contributed by atoms with van der Waals surface area (Å²) < 4.78 is 1.08. The fourth-order valence-electron chi connectivity index (χ4n) is 4.83. The second-order valence-electron chi connectivity index (χ2n) is 8.68. The van der Waals surface area contributed by atoms with Crippen molar-refractivity contribution in [3.8, 4) is 0 Å². The predicted octanol–water partition coefficient (Wildman–Crippen LogP) is 5.97.